The first-order valence-electron chi connectivity index (χ1n) is 4.84. The summed E-state index contributed by atoms with van der Waals surface area (Å²) in [6.07, 6.45) is 2.75. The van der Waals surface area contributed by atoms with Crippen LogP contribution in [0.3, 0.4) is 0 Å². The maximum atomic E-state index is 10.3. The average Bonchev–Trinajstić information content (AvgIpc) is 2.51. The highest BCUT2D eigenvalue weighted by molar-refractivity contribution is 9.11. The number of aliphatic hydroxyl groups is 1. The molecule has 0 saturated carbocycles. The molecule has 0 aromatic carbocycles. The lowest BCUT2D eigenvalue weighted by Gasteiger charge is -2.32. The molecule has 4 heteroatoms. The first kappa shape index (κ1) is 10.6. The highest BCUT2D eigenvalue weighted by atomic mass is 79.9. The van der Waals surface area contributed by atoms with Crippen LogP contribution in [0, 0.1) is 0 Å². The van der Waals surface area contributed by atoms with Crippen molar-refractivity contribution in [3.05, 3.63) is 20.8 Å². The third kappa shape index (κ3) is 2.57. The lowest BCUT2D eigenvalue weighted by molar-refractivity contribution is 0.0170. The molecule has 14 heavy (non-hydrogen) atoms. The van der Waals surface area contributed by atoms with E-state index in [0.717, 1.165) is 36.1 Å². The summed E-state index contributed by atoms with van der Waals surface area (Å²) in [6.45, 7) is 1.76. The zero-order chi connectivity index (χ0) is 10.0. The first-order valence-corrected chi connectivity index (χ1v) is 6.51. The first-order chi connectivity index (χ1) is 6.68. The van der Waals surface area contributed by atoms with Crippen LogP contribution in [0.2, 0.25) is 0 Å². The zero-order valence-corrected chi connectivity index (χ0v) is 10.3. The van der Waals surface area contributed by atoms with Crippen LogP contribution < -0.4 is 5.32 Å². The fourth-order valence-corrected chi connectivity index (χ4v) is 3.13. The van der Waals surface area contributed by atoms with Gasteiger partial charge in [-0.15, -0.1) is 11.3 Å². The maximum absolute atomic E-state index is 10.3. The molecule has 1 aromatic heterocycles. The van der Waals surface area contributed by atoms with Gasteiger partial charge in [-0.2, -0.15) is 0 Å². The third-order valence-corrected chi connectivity index (χ3v) is 4.16. The second-order valence-corrected chi connectivity index (χ2v) is 6.23. The Morgan fingerprint density at radius 1 is 1.64 bits per heavy atom. The summed E-state index contributed by atoms with van der Waals surface area (Å²) >= 11 is 5.11. The molecule has 1 aliphatic heterocycles. The molecule has 2 nitrogen and oxygen atoms in total. The van der Waals surface area contributed by atoms with E-state index in [-0.39, 0.29) is 0 Å². The lowest BCUT2D eigenvalue weighted by Crippen LogP contribution is -2.47. The molecular formula is C10H14BrNOS. The predicted octanol–water partition coefficient (Wildman–Crippen LogP) is 2.17. The Labute approximate surface area is 96.5 Å². The Morgan fingerprint density at radius 3 is 3.07 bits per heavy atom. The van der Waals surface area contributed by atoms with Crippen LogP contribution in [0.1, 0.15) is 18.4 Å². The Kier molecular flexibility index (Phi) is 3.27. The van der Waals surface area contributed by atoms with E-state index in [4.69, 9.17) is 0 Å². The normalized spacial score (nSPS) is 27.9. The van der Waals surface area contributed by atoms with Crippen molar-refractivity contribution < 1.29 is 5.11 Å². The summed E-state index contributed by atoms with van der Waals surface area (Å²) in [6, 6.07) is 2.09. The second kappa shape index (κ2) is 4.31. The number of β-amino-alcohol motifs (C(OH)–C–C–N with tert-alkyl or cyclic N) is 1. The number of halogens is 1. The van der Waals surface area contributed by atoms with E-state index >= 15 is 0 Å². The van der Waals surface area contributed by atoms with Crippen LogP contribution in [0.4, 0.5) is 0 Å². The number of hydrogen-bond acceptors (Lipinski definition) is 3. The fraction of sp³-hybridized carbons (Fsp3) is 0.600. The number of piperidine rings is 1. The molecule has 1 aromatic rings. The highest BCUT2D eigenvalue weighted by Crippen LogP contribution is 2.26. The number of rotatable bonds is 2. The monoisotopic (exact) mass is 275 g/mol. The van der Waals surface area contributed by atoms with Crippen LogP contribution in [-0.2, 0) is 6.42 Å². The summed E-state index contributed by atoms with van der Waals surface area (Å²) in [4.78, 5) is 0. The summed E-state index contributed by atoms with van der Waals surface area (Å²) in [5, 5.41) is 15.6. The van der Waals surface area contributed by atoms with Crippen LogP contribution in [0.25, 0.3) is 0 Å². The molecular weight excluding hydrogens is 262 g/mol. The predicted molar refractivity (Wildman–Crippen MR) is 62.8 cm³/mol. The van der Waals surface area contributed by atoms with Crippen molar-refractivity contribution in [2.45, 2.75) is 24.9 Å². The summed E-state index contributed by atoms with van der Waals surface area (Å²) < 4.78 is 1.14. The quantitative estimate of drug-likeness (QED) is 0.867. The largest absolute Gasteiger partial charge is 0.388 e. The Balaban J connectivity index is 2.01. The number of thiophene rings is 1. The third-order valence-electron chi connectivity index (χ3n) is 2.60. The van der Waals surface area contributed by atoms with Crippen molar-refractivity contribution in [3.63, 3.8) is 0 Å². The van der Waals surface area contributed by atoms with Gasteiger partial charge in [0.1, 0.15) is 0 Å². The van der Waals surface area contributed by atoms with Crippen molar-refractivity contribution in [1.82, 2.24) is 5.32 Å². The van der Waals surface area contributed by atoms with Gasteiger partial charge in [-0.05, 0) is 52.3 Å². The fourth-order valence-electron chi connectivity index (χ4n) is 1.92. The second-order valence-electron chi connectivity index (χ2n) is 3.94. The van der Waals surface area contributed by atoms with Crippen molar-refractivity contribution in [3.8, 4) is 0 Å². The van der Waals surface area contributed by atoms with Crippen molar-refractivity contribution in [2.24, 2.45) is 0 Å². The molecule has 78 valence electrons. The van der Waals surface area contributed by atoms with E-state index in [1.165, 1.54) is 5.56 Å². The van der Waals surface area contributed by atoms with E-state index in [9.17, 15) is 5.11 Å². The van der Waals surface area contributed by atoms with Gasteiger partial charge < -0.3 is 10.4 Å². The van der Waals surface area contributed by atoms with E-state index < -0.39 is 5.60 Å². The van der Waals surface area contributed by atoms with Gasteiger partial charge in [0.15, 0.2) is 0 Å². The van der Waals surface area contributed by atoms with E-state index in [1.54, 1.807) is 11.3 Å². The van der Waals surface area contributed by atoms with Crippen LogP contribution >= 0.6 is 27.3 Å². The van der Waals surface area contributed by atoms with Gasteiger partial charge in [0, 0.05) is 13.0 Å². The molecule has 1 unspecified atom stereocenters. The van der Waals surface area contributed by atoms with Gasteiger partial charge in [0.25, 0.3) is 0 Å². The van der Waals surface area contributed by atoms with Crippen LogP contribution in [0.5, 0.6) is 0 Å². The van der Waals surface area contributed by atoms with E-state index in [0.29, 0.717) is 0 Å². The summed E-state index contributed by atoms with van der Waals surface area (Å²) in [7, 11) is 0. The van der Waals surface area contributed by atoms with Gasteiger partial charge in [-0.25, -0.2) is 0 Å². The van der Waals surface area contributed by atoms with Gasteiger partial charge in [0.05, 0.1) is 9.39 Å². The van der Waals surface area contributed by atoms with Crippen molar-refractivity contribution >= 4 is 27.3 Å². The van der Waals surface area contributed by atoms with Gasteiger partial charge >= 0.3 is 0 Å². The SMILES string of the molecule is OC1(Cc2csc(Br)c2)CCCNC1. The molecule has 1 atom stereocenters. The molecule has 1 fully saturated rings. The molecule has 2 rings (SSSR count). The van der Waals surface area contributed by atoms with Gasteiger partial charge in [0.2, 0.25) is 0 Å². The lowest BCUT2D eigenvalue weighted by atomic mass is 9.88. The molecule has 2 N–H and O–H groups in total. The zero-order valence-electron chi connectivity index (χ0n) is 7.92. The smallest absolute Gasteiger partial charge is 0.0812 e. The van der Waals surface area contributed by atoms with E-state index in [1.807, 2.05) is 0 Å². The Morgan fingerprint density at radius 2 is 2.50 bits per heavy atom. The summed E-state index contributed by atoms with van der Waals surface area (Å²) in [5.41, 5.74) is 0.701. The Bertz CT molecular complexity index is 307. The van der Waals surface area contributed by atoms with Crippen molar-refractivity contribution in [1.29, 1.82) is 0 Å². The van der Waals surface area contributed by atoms with Crippen LogP contribution in [0.15, 0.2) is 15.2 Å². The average molecular weight is 276 g/mol. The molecule has 0 bridgehead atoms. The standard InChI is InChI=1S/C10H14BrNOS/c11-9-4-8(6-14-9)5-10(13)2-1-3-12-7-10/h4,6,12-13H,1-3,5,7H2. The van der Waals surface area contributed by atoms with Gasteiger partial charge in [-0.3, -0.25) is 0 Å². The van der Waals surface area contributed by atoms with Crippen LogP contribution in [-0.4, -0.2) is 23.8 Å². The molecule has 0 aliphatic carbocycles. The highest BCUT2D eigenvalue weighted by Gasteiger charge is 2.29. The molecule has 1 saturated heterocycles. The topological polar surface area (TPSA) is 32.3 Å². The number of nitrogens with one attached hydrogen (secondary N) is 1. The molecule has 0 amide bonds. The van der Waals surface area contributed by atoms with Crippen molar-refractivity contribution in [2.75, 3.05) is 13.1 Å². The van der Waals surface area contributed by atoms with Gasteiger partial charge in [-0.1, -0.05) is 0 Å². The minimum absolute atomic E-state index is 0.529. The molecule has 2 heterocycles. The maximum Gasteiger partial charge on any atom is 0.0812 e. The number of hydrogen-bond donors (Lipinski definition) is 2. The molecule has 0 radical (unpaired) electrons. The van der Waals surface area contributed by atoms with E-state index in [2.05, 4.69) is 32.7 Å². The summed E-state index contributed by atoms with van der Waals surface area (Å²) in [5.74, 6) is 0. The molecule has 1 aliphatic rings. The minimum atomic E-state index is -0.529. The Hall–Kier alpha value is 0.1000. The molecule has 0 spiro atoms. The minimum Gasteiger partial charge on any atom is -0.388 e.